The highest BCUT2D eigenvalue weighted by Crippen LogP contribution is 2.12. The molecule has 2 heterocycles. The Hall–Kier alpha value is -2.10. The van der Waals surface area contributed by atoms with Crippen molar-refractivity contribution in [2.24, 2.45) is 0 Å². The topological polar surface area (TPSA) is 108 Å². The van der Waals surface area contributed by atoms with Gasteiger partial charge >= 0.3 is 5.97 Å². The van der Waals surface area contributed by atoms with Gasteiger partial charge in [0.1, 0.15) is 13.0 Å². The Morgan fingerprint density at radius 2 is 2.50 bits per heavy atom. The maximum atomic E-state index is 11.3. The van der Waals surface area contributed by atoms with Crippen LogP contribution in [0.2, 0.25) is 0 Å². The third-order valence-electron chi connectivity index (χ3n) is 1.67. The number of carbonyl (C=O) groups is 1. The highest BCUT2D eigenvalue weighted by Gasteiger charge is 2.16. The standard InChI is InChI=1S/C6H7N7O2S/c1-15-6(14)4-5(10-16-9-4)7-2-13-3-8-11-12-13/h3H,2H2,1H3,(H,7,10). The Kier molecular flexibility index (Phi) is 3.00. The first-order valence-electron chi connectivity index (χ1n) is 4.17. The first kappa shape index (κ1) is 10.4. The lowest BCUT2D eigenvalue weighted by atomic mass is 10.4. The molecule has 0 aliphatic carbocycles. The first-order valence-corrected chi connectivity index (χ1v) is 4.90. The van der Waals surface area contributed by atoms with Crippen molar-refractivity contribution in [2.75, 3.05) is 12.4 Å². The van der Waals surface area contributed by atoms with Gasteiger partial charge in [-0.1, -0.05) is 0 Å². The van der Waals surface area contributed by atoms with Crippen molar-refractivity contribution in [2.45, 2.75) is 6.67 Å². The molecule has 9 nitrogen and oxygen atoms in total. The molecule has 0 bridgehead atoms. The van der Waals surface area contributed by atoms with Crippen molar-refractivity contribution >= 4 is 23.5 Å². The maximum absolute atomic E-state index is 11.3. The van der Waals surface area contributed by atoms with Crippen LogP contribution < -0.4 is 5.32 Å². The van der Waals surface area contributed by atoms with Gasteiger partial charge in [-0.3, -0.25) is 0 Å². The molecule has 0 spiro atoms. The van der Waals surface area contributed by atoms with Gasteiger partial charge in [-0.15, -0.1) is 5.10 Å². The molecule has 84 valence electrons. The average Bonchev–Trinajstić information content (AvgIpc) is 2.96. The van der Waals surface area contributed by atoms with E-state index < -0.39 is 5.97 Å². The average molecular weight is 241 g/mol. The summed E-state index contributed by atoms with van der Waals surface area (Å²) in [4.78, 5) is 11.3. The molecule has 0 unspecified atom stereocenters. The first-order chi connectivity index (χ1) is 7.81. The fourth-order valence-corrected chi connectivity index (χ4v) is 1.46. The van der Waals surface area contributed by atoms with E-state index in [9.17, 15) is 4.79 Å². The van der Waals surface area contributed by atoms with Gasteiger partial charge in [0.05, 0.1) is 18.8 Å². The summed E-state index contributed by atoms with van der Waals surface area (Å²) < 4.78 is 13.7. The Morgan fingerprint density at radius 1 is 1.62 bits per heavy atom. The number of aromatic nitrogens is 6. The van der Waals surface area contributed by atoms with Crippen molar-refractivity contribution in [3.05, 3.63) is 12.0 Å². The highest BCUT2D eigenvalue weighted by atomic mass is 32.1. The van der Waals surface area contributed by atoms with Crippen molar-refractivity contribution in [3.63, 3.8) is 0 Å². The van der Waals surface area contributed by atoms with Gasteiger partial charge < -0.3 is 10.1 Å². The SMILES string of the molecule is COC(=O)c1nsnc1NCn1cnnn1. The van der Waals surface area contributed by atoms with Gasteiger partial charge in [-0.2, -0.15) is 8.75 Å². The van der Waals surface area contributed by atoms with E-state index in [1.54, 1.807) is 0 Å². The molecule has 2 aromatic rings. The maximum Gasteiger partial charge on any atom is 0.361 e. The number of hydrogen-bond donors (Lipinski definition) is 1. The van der Waals surface area contributed by atoms with Crippen LogP contribution >= 0.6 is 11.7 Å². The zero-order valence-electron chi connectivity index (χ0n) is 8.19. The predicted octanol–water partition coefficient (Wildman–Crippen LogP) is -0.619. The second kappa shape index (κ2) is 4.61. The van der Waals surface area contributed by atoms with Crippen LogP contribution in [0.1, 0.15) is 10.5 Å². The zero-order valence-corrected chi connectivity index (χ0v) is 9.01. The van der Waals surface area contributed by atoms with Gasteiger partial charge in [0, 0.05) is 0 Å². The Labute approximate surface area is 93.8 Å². The van der Waals surface area contributed by atoms with Crippen LogP contribution in [0.5, 0.6) is 0 Å². The second-order valence-corrected chi connectivity index (χ2v) is 3.17. The third-order valence-corrected chi connectivity index (χ3v) is 2.20. The number of tetrazole rings is 1. The fraction of sp³-hybridized carbons (Fsp3) is 0.333. The summed E-state index contributed by atoms with van der Waals surface area (Å²) in [5, 5.41) is 13.4. The summed E-state index contributed by atoms with van der Waals surface area (Å²) in [6, 6.07) is 0. The van der Waals surface area contributed by atoms with Gasteiger partial charge in [0.2, 0.25) is 5.69 Å². The number of esters is 1. The summed E-state index contributed by atoms with van der Waals surface area (Å²) in [5.41, 5.74) is 0.153. The van der Waals surface area contributed by atoms with Crippen LogP contribution in [-0.4, -0.2) is 42.0 Å². The molecule has 10 heteroatoms. The van der Waals surface area contributed by atoms with Crippen molar-refractivity contribution in [3.8, 4) is 0 Å². The molecule has 0 aromatic carbocycles. The van der Waals surface area contributed by atoms with Gasteiger partial charge in [-0.25, -0.2) is 9.48 Å². The molecule has 2 aromatic heterocycles. The van der Waals surface area contributed by atoms with Crippen LogP contribution in [0.3, 0.4) is 0 Å². The van der Waals surface area contributed by atoms with Gasteiger partial charge in [0.15, 0.2) is 5.82 Å². The number of anilines is 1. The third kappa shape index (κ3) is 2.11. The summed E-state index contributed by atoms with van der Waals surface area (Å²) in [5.74, 6) is -0.180. The second-order valence-electron chi connectivity index (χ2n) is 2.64. The van der Waals surface area contributed by atoms with Crippen LogP contribution in [0.15, 0.2) is 6.33 Å². The van der Waals surface area contributed by atoms with E-state index in [4.69, 9.17) is 0 Å². The van der Waals surface area contributed by atoms with Crippen molar-refractivity contribution in [1.29, 1.82) is 0 Å². The highest BCUT2D eigenvalue weighted by molar-refractivity contribution is 6.99. The number of hydrogen-bond acceptors (Lipinski definition) is 9. The summed E-state index contributed by atoms with van der Waals surface area (Å²) in [7, 11) is 1.28. The van der Waals surface area contributed by atoms with Crippen molar-refractivity contribution < 1.29 is 9.53 Å². The smallest absolute Gasteiger partial charge is 0.361 e. The van der Waals surface area contributed by atoms with E-state index >= 15 is 0 Å². The number of methoxy groups -OCH3 is 1. The van der Waals surface area contributed by atoms with Crippen LogP contribution in [0.25, 0.3) is 0 Å². The molecular formula is C6H7N7O2S. The van der Waals surface area contributed by atoms with Crippen LogP contribution in [-0.2, 0) is 11.4 Å². The number of nitrogens with zero attached hydrogens (tertiary/aromatic N) is 6. The lowest BCUT2D eigenvalue weighted by Gasteiger charge is -2.02. The monoisotopic (exact) mass is 241 g/mol. The normalized spacial score (nSPS) is 10.1. The summed E-state index contributed by atoms with van der Waals surface area (Å²) in [6.07, 6.45) is 1.44. The number of ether oxygens (including phenoxy) is 1. The van der Waals surface area contributed by atoms with E-state index in [0.29, 0.717) is 12.5 Å². The van der Waals surface area contributed by atoms with Crippen LogP contribution in [0.4, 0.5) is 5.82 Å². The number of carbonyl (C=O) groups excluding carboxylic acids is 1. The molecule has 0 amide bonds. The van der Waals surface area contributed by atoms with E-state index in [0.717, 1.165) is 11.7 Å². The van der Waals surface area contributed by atoms with E-state index in [1.165, 1.54) is 18.1 Å². The Morgan fingerprint density at radius 3 is 3.19 bits per heavy atom. The molecule has 1 N–H and O–H groups in total. The van der Waals surface area contributed by atoms with E-state index in [2.05, 4.69) is 34.3 Å². The Bertz CT molecular complexity index is 467. The van der Waals surface area contributed by atoms with Crippen LogP contribution in [0, 0.1) is 0 Å². The lowest BCUT2D eigenvalue weighted by Crippen LogP contribution is -2.12. The molecular weight excluding hydrogens is 234 g/mol. The molecule has 0 aliphatic heterocycles. The zero-order chi connectivity index (χ0) is 11.4. The minimum absolute atomic E-state index is 0.153. The Balaban J connectivity index is 2.04. The summed E-state index contributed by atoms with van der Waals surface area (Å²) in [6.45, 7) is 0.294. The largest absolute Gasteiger partial charge is 0.464 e. The number of nitrogens with one attached hydrogen (secondary N) is 1. The molecule has 0 atom stereocenters. The molecule has 0 aliphatic rings. The molecule has 0 fully saturated rings. The van der Waals surface area contributed by atoms with E-state index in [1.807, 2.05) is 0 Å². The fourth-order valence-electron chi connectivity index (χ4n) is 0.944. The van der Waals surface area contributed by atoms with E-state index in [-0.39, 0.29) is 5.69 Å². The quantitative estimate of drug-likeness (QED) is 0.705. The molecule has 0 radical (unpaired) electrons. The summed E-state index contributed by atoms with van der Waals surface area (Å²) >= 11 is 0.923. The van der Waals surface area contributed by atoms with Gasteiger partial charge in [0.25, 0.3) is 0 Å². The minimum Gasteiger partial charge on any atom is -0.464 e. The van der Waals surface area contributed by atoms with Crippen molar-refractivity contribution in [1.82, 2.24) is 29.0 Å². The molecule has 16 heavy (non-hydrogen) atoms. The molecule has 0 saturated carbocycles. The number of rotatable bonds is 4. The molecule has 2 rings (SSSR count). The molecule has 0 saturated heterocycles. The minimum atomic E-state index is -0.534. The lowest BCUT2D eigenvalue weighted by molar-refractivity contribution is 0.0596. The van der Waals surface area contributed by atoms with Gasteiger partial charge in [-0.05, 0) is 10.4 Å². The predicted molar refractivity (Wildman–Crippen MR) is 52.7 cm³/mol.